The smallest absolute Gasteiger partial charge is 0.192 e. The van der Waals surface area contributed by atoms with Gasteiger partial charge in [0.05, 0.1) is 6.10 Å². The van der Waals surface area contributed by atoms with Gasteiger partial charge in [0.25, 0.3) is 0 Å². The molecule has 0 saturated heterocycles. The lowest BCUT2D eigenvalue weighted by Gasteiger charge is -2.40. The van der Waals surface area contributed by atoms with E-state index in [-0.39, 0.29) is 11.1 Å². The van der Waals surface area contributed by atoms with Crippen molar-refractivity contribution in [2.24, 2.45) is 11.8 Å². The van der Waals surface area contributed by atoms with Crippen molar-refractivity contribution in [1.82, 2.24) is 0 Å². The monoisotopic (exact) mass is 346 g/mol. The molecule has 1 nitrogen and oxygen atoms in total. The van der Waals surface area contributed by atoms with Gasteiger partial charge in [0.1, 0.15) is 0 Å². The summed E-state index contributed by atoms with van der Waals surface area (Å²) in [6, 6.07) is 0. The van der Waals surface area contributed by atoms with Crippen LogP contribution in [-0.4, -0.2) is 14.4 Å². The maximum Gasteiger partial charge on any atom is 0.192 e. The lowest BCUT2D eigenvalue weighted by molar-refractivity contribution is 0.178. The van der Waals surface area contributed by atoms with Crippen LogP contribution in [0.5, 0.6) is 0 Å². The summed E-state index contributed by atoms with van der Waals surface area (Å²) >= 11 is 0. The highest BCUT2D eigenvalue weighted by atomic mass is 28.4. The van der Waals surface area contributed by atoms with Gasteiger partial charge in [-0.1, -0.05) is 58.1 Å². The second kappa shape index (κ2) is 9.64. The van der Waals surface area contributed by atoms with Gasteiger partial charge in [0, 0.05) is 18.3 Å². The maximum atomic E-state index is 6.55. The molecule has 0 unspecified atom stereocenters. The molecule has 2 heteroatoms. The Hall–Kier alpha value is -0.783. The summed E-state index contributed by atoms with van der Waals surface area (Å²) in [4.78, 5) is 0. The fraction of sp³-hybridized carbons (Fsp3) is 0.727. The van der Waals surface area contributed by atoms with Crippen LogP contribution in [-0.2, 0) is 4.43 Å². The summed E-state index contributed by atoms with van der Waals surface area (Å²) in [7, 11) is -1.80. The Bertz CT molecular complexity index is 455. The lowest BCUT2D eigenvalue weighted by atomic mass is 9.89. The molecule has 0 aromatic heterocycles. The molecule has 1 fully saturated rings. The minimum atomic E-state index is -1.80. The van der Waals surface area contributed by atoms with Gasteiger partial charge < -0.3 is 4.43 Å². The molecule has 24 heavy (non-hydrogen) atoms. The molecule has 1 rings (SSSR count). The Labute approximate surface area is 152 Å². The standard InChI is InChI=1S/C22H38OSi/c1-8-20(18-14-13-17-19-15-11-10-12-16-19)21(9-2)23-24(6,7)22(3,4)5/h8-9,19-21H,1-2,10-12,14-16,18H2,3-7H3/t20-,21+/m0/s1. The van der Waals surface area contributed by atoms with Crippen LogP contribution in [0.15, 0.2) is 25.3 Å². The predicted molar refractivity (Wildman–Crippen MR) is 110 cm³/mol. The van der Waals surface area contributed by atoms with Crippen molar-refractivity contribution >= 4 is 8.32 Å². The molecule has 1 saturated carbocycles. The number of rotatable bonds is 7. The van der Waals surface area contributed by atoms with Crippen LogP contribution >= 0.6 is 0 Å². The molecule has 0 heterocycles. The van der Waals surface area contributed by atoms with E-state index in [9.17, 15) is 0 Å². The van der Waals surface area contributed by atoms with Gasteiger partial charge in [-0.15, -0.1) is 19.1 Å². The van der Waals surface area contributed by atoms with Crippen LogP contribution in [0.2, 0.25) is 18.1 Å². The van der Waals surface area contributed by atoms with Gasteiger partial charge >= 0.3 is 0 Å². The molecule has 2 atom stereocenters. The lowest BCUT2D eigenvalue weighted by Crippen LogP contribution is -2.45. The minimum Gasteiger partial charge on any atom is -0.410 e. The van der Waals surface area contributed by atoms with Gasteiger partial charge in [0.15, 0.2) is 8.32 Å². The normalized spacial score (nSPS) is 19.0. The highest BCUT2D eigenvalue weighted by Crippen LogP contribution is 2.38. The van der Waals surface area contributed by atoms with E-state index in [1.165, 1.54) is 32.1 Å². The second-order valence-electron chi connectivity index (χ2n) is 8.67. The van der Waals surface area contributed by atoms with E-state index in [0.29, 0.717) is 11.8 Å². The first-order valence-corrected chi connectivity index (χ1v) is 12.5. The van der Waals surface area contributed by atoms with Crippen LogP contribution in [0.4, 0.5) is 0 Å². The minimum absolute atomic E-state index is 0.0554. The van der Waals surface area contributed by atoms with E-state index < -0.39 is 8.32 Å². The molecular formula is C22H38OSi. The zero-order valence-electron chi connectivity index (χ0n) is 16.7. The van der Waals surface area contributed by atoms with E-state index in [1.54, 1.807) is 0 Å². The molecule has 136 valence electrons. The van der Waals surface area contributed by atoms with E-state index >= 15 is 0 Å². The van der Waals surface area contributed by atoms with Crippen molar-refractivity contribution in [2.45, 2.75) is 90.0 Å². The Morgan fingerprint density at radius 2 is 1.75 bits per heavy atom. The Balaban J connectivity index is 2.58. The molecule has 0 spiro atoms. The summed E-state index contributed by atoms with van der Waals surface area (Å²) < 4.78 is 6.55. The maximum absolute atomic E-state index is 6.55. The summed E-state index contributed by atoms with van der Waals surface area (Å²) in [5.41, 5.74) is 0. The number of hydrogen-bond acceptors (Lipinski definition) is 1. The van der Waals surface area contributed by atoms with Crippen molar-refractivity contribution < 1.29 is 4.43 Å². The SMILES string of the molecule is C=C[C@@H](CCC#CC1CCCCC1)[C@@H](C=C)O[Si](C)(C)C(C)(C)C. The molecule has 0 aliphatic heterocycles. The van der Waals surface area contributed by atoms with Gasteiger partial charge in [-0.2, -0.15) is 0 Å². The molecule has 0 bridgehead atoms. The van der Waals surface area contributed by atoms with Crippen LogP contribution in [0.25, 0.3) is 0 Å². The number of hydrogen-bond donors (Lipinski definition) is 0. The molecular weight excluding hydrogens is 308 g/mol. The van der Waals surface area contributed by atoms with Crippen LogP contribution in [0.1, 0.15) is 65.7 Å². The highest BCUT2D eigenvalue weighted by Gasteiger charge is 2.39. The van der Waals surface area contributed by atoms with Crippen LogP contribution in [0, 0.1) is 23.7 Å². The largest absolute Gasteiger partial charge is 0.410 e. The van der Waals surface area contributed by atoms with Gasteiger partial charge in [0.2, 0.25) is 0 Å². The molecule has 0 amide bonds. The van der Waals surface area contributed by atoms with Crippen molar-refractivity contribution in [3.63, 3.8) is 0 Å². The summed E-state index contributed by atoms with van der Waals surface area (Å²) in [6.07, 6.45) is 12.7. The topological polar surface area (TPSA) is 9.23 Å². The summed E-state index contributed by atoms with van der Waals surface area (Å²) in [6.45, 7) is 19.5. The summed E-state index contributed by atoms with van der Waals surface area (Å²) in [5.74, 6) is 7.85. The zero-order valence-corrected chi connectivity index (χ0v) is 17.7. The third kappa shape index (κ3) is 6.61. The van der Waals surface area contributed by atoms with Crippen LogP contribution < -0.4 is 0 Å². The molecule has 0 aromatic carbocycles. The van der Waals surface area contributed by atoms with Crippen molar-refractivity contribution in [2.75, 3.05) is 0 Å². The molecule has 0 aromatic rings. The quantitative estimate of drug-likeness (QED) is 0.282. The summed E-state index contributed by atoms with van der Waals surface area (Å²) in [5, 5.41) is 0.209. The van der Waals surface area contributed by atoms with E-state index in [4.69, 9.17) is 4.43 Å². The molecule has 1 aliphatic carbocycles. The first kappa shape index (κ1) is 21.3. The van der Waals surface area contributed by atoms with E-state index in [0.717, 1.165) is 12.8 Å². The Morgan fingerprint density at radius 3 is 2.25 bits per heavy atom. The highest BCUT2D eigenvalue weighted by molar-refractivity contribution is 6.74. The first-order valence-electron chi connectivity index (χ1n) is 9.62. The van der Waals surface area contributed by atoms with E-state index in [2.05, 4.69) is 58.9 Å². The fourth-order valence-corrected chi connectivity index (χ4v) is 4.25. The van der Waals surface area contributed by atoms with Crippen LogP contribution in [0.3, 0.4) is 0 Å². The molecule has 1 aliphatic rings. The third-order valence-corrected chi connectivity index (χ3v) is 10.2. The van der Waals surface area contributed by atoms with Crippen molar-refractivity contribution in [3.05, 3.63) is 25.3 Å². The predicted octanol–water partition coefficient (Wildman–Crippen LogP) is 6.73. The molecule has 0 radical (unpaired) electrons. The van der Waals surface area contributed by atoms with Gasteiger partial charge in [-0.25, -0.2) is 0 Å². The zero-order chi connectivity index (χ0) is 18.2. The second-order valence-corrected chi connectivity index (χ2v) is 13.4. The average Bonchev–Trinajstić information content (AvgIpc) is 2.53. The Morgan fingerprint density at radius 1 is 1.12 bits per heavy atom. The Kier molecular flexibility index (Phi) is 8.54. The third-order valence-electron chi connectivity index (χ3n) is 5.71. The first-order chi connectivity index (χ1) is 11.2. The van der Waals surface area contributed by atoms with Crippen molar-refractivity contribution in [3.8, 4) is 11.8 Å². The fourth-order valence-electron chi connectivity index (χ4n) is 2.95. The van der Waals surface area contributed by atoms with Gasteiger partial charge in [-0.05, 0) is 37.4 Å². The van der Waals surface area contributed by atoms with Crippen molar-refractivity contribution in [1.29, 1.82) is 0 Å². The average molecular weight is 347 g/mol. The molecule has 0 N–H and O–H groups in total. The van der Waals surface area contributed by atoms with Gasteiger partial charge in [-0.3, -0.25) is 0 Å². The van der Waals surface area contributed by atoms with E-state index in [1.807, 2.05) is 12.2 Å².